The van der Waals surface area contributed by atoms with Gasteiger partial charge in [-0.3, -0.25) is 9.69 Å². The third-order valence-corrected chi connectivity index (χ3v) is 7.88. The maximum absolute atomic E-state index is 13.9. The zero-order valence-corrected chi connectivity index (χ0v) is 20.4. The van der Waals surface area contributed by atoms with E-state index in [0.717, 1.165) is 34.4 Å². The van der Waals surface area contributed by atoms with E-state index >= 15 is 0 Å². The molecule has 2 saturated heterocycles. The molecule has 8 heteroatoms. The summed E-state index contributed by atoms with van der Waals surface area (Å²) >= 11 is 0. The lowest BCUT2D eigenvalue weighted by atomic mass is 9.80. The molecule has 2 heterocycles. The Kier molecular flexibility index (Phi) is 6.16. The second-order valence-electron chi connectivity index (χ2n) is 10.0. The van der Waals surface area contributed by atoms with E-state index in [4.69, 9.17) is 9.47 Å². The monoisotopic (exact) mass is 514 g/mol. The highest BCUT2D eigenvalue weighted by atomic mass is 19.2. The van der Waals surface area contributed by atoms with Crippen LogP contribution in [0.1, 0.15) is 45.8 Å². The lowest BCUT2D eigenvalue weighted by Crippen LogP contribution is -2.60. The summed E-state index contributed by atoms with van der Waals surface area (Å²) in [5, 5.41) is 9.35. The summed E-state index contributed by atoms with van der Waals surface area (Å²) in [4.78, 5) is 28.3. The molecule has 2 atom stereocenters. The van der Waals surface area contributed by atoms with Crippen molar-refractivity contribution >= 4 is 11.9 Å². The lowest BCUT2D eigenvalue weighted by Gasteiger charge is -2.47. The number of carbonyl (C=O) groups is 2. The van der Waals surface area contributed by atoms with Gasteiger partial charge in [-0.2, -0.15) is 5.26 Å². The van der Waals surface area contributed by atoms with Gasteiger partial charge in [-0.15, -0.1) is 0 Å². The number of ketones is 1. The number of ether oxygens (including phenoxy) is 2. The standard InChI is InChI=1S/C30H24F2N2O4/c31-27-11-18(13-33)25(12-28(27)32)29(35)17-9-19-14-37-15-20(10-17)34(19)30(36)38-16-26-23-7-3-1-5-21(23)22-6-2-4-8-24(22)26/h1-8,11-12,17,19-20,26H,9-10,14-16H2. The highest BCUT2D eigenvalue weighted by Gasteiger charge is 2.45. The minimum atomic E-state index is -1.17. The summed E-state index contributed by atoms with van der Waals surface area (Å²) in [6.45, 7) is 0.674. The van der Waals surface area contributed by atoms with Crippen LogP contribution in [0.2, 0.25) is 0 Å². The van der Waals surface area contributed by atoms with Gasteiger partial charge < -0.3 is 9.47 Å². The zero-order valence-electron chi connectivity index (χ0n) is 20.4. The van der Waals surface area contributed by atoms with Crippen LogP contribution in [0.15, 0.2) is 60.7 Å². The first kappa shape index (κ1) is 24.3. The maximum Gasteiger partial charge on any atom is 0.410 e. The van der Waals surface area contributed by atoms with Crippen molar-refractivity contribution in [3.8, 4) is 17.2 Å². The van der Waals surface area contributed by atoms with E-state index in [1.54, 1.807) is 11.0 Å². The number of carbonyl (C=O) groups excluding carboxylic acids is 2. The van der Waals surface area contributed by atoms with Crippen LogP contribution in [0.4, 0.5) is 13.6 Å². The minimum Gasteiger partial charge on any atom is -0.448 e. The molecule has 3 aromatic rings. The van der Waals surface area contributed by atoms with Crippen molar-refractivity contribution < 1.29 is 27.8 Å². The molecule has 3 aliphatic rings. The minimum absolute atomic E-state index is 0.0701. The number of morpholine rings is 1. The molecule has 6 rings (SSSR count). The Hall–Kier alpha value is -4.09. The Bertz CT molecular complexity index is 1420. The van der Waals surface area contributed by atoms with Crippen LogP contribution in [0.3, 0.4) is 0 Å². The van der Waals surface area contributed by atoms with Crippen LogP contribution in [0, 0.1) is 28.9 Å². The van der Waals surface area contributed by atoms with Crippen LogP contribution in [0.25, 0.3) is 11.1 Å². The van der Waals surface area contributed by atoms with Crippen molar-refractivity contribution in [2.24, 2.45) is 5.92 Å². The SMILES string of the molecule is N#Cc1cc(F)c(F)cc1C(=O)C1CC2COCC(C1)N2C(=O)OCC1c2ccccc2-c2ccccc21. The first-order valence-electron chi connectivity index (χ1n) is 12.6. The third kappa shape index (κ3) is 4.04. The molecular weight excluding hydrogens is 490 g/mol. The van der Waals surface area contributed by atoms with E-state index in [9.17, 15) is 23.6 Å². The van der Waals surface area contributed by atoms with Gasteiger partial charge in [0, 0.05) is 17.4 Å². The molecule has 0 spiro atoms. The Labute approximate surface area is 218 Å². The number of hydrogen-bond acceptors (Lipinski definition) is 5. The van der Waals surface area contributed by atoms with E-state index in [0.29, 0.717) is 0 Å². The molecule has 6 nitrogen and oxygen atoms in total. The summed E-state index contributed by atoms with van der Waals surface area (Å²) in [7, 11) is 0. The number of Topliss-reactive ketones (excluding diaryl/α,β-unsaturated/α-hetero) is 1. The zero-order chi connectivity index (χ0) is 26.4. The quantitative estimate of drug-likeness (QED) is 0.433. The second kappa shape index (κ2) is 9.66. The molecule has 0 aromatic heterocycles. The summed E-state index contributed by atoms with van der Waals surface area (Å²) in [5.41, 5.74) is 4.19. The van der Waals surface area contributed by atoms with Gasteiger partial charge >= 0.3 is 6.09 Å². The van der Waals surface area contributed by atoms with Gasteiger partial charge in [-0.05, 0) is 47.2 Å². The smallest absolute Gasteiger partial charge is 0.410 e. The van der Waals surface area contributed by atoms with Crippen LogP contribution >= 0.6 is 0 Å². The fourth-order valence-electron chi connectivity index (χ4n) is 6.16. The molecule has 2 unspecified atom stereocenters. The molecule has 1 amide bonds. The van der Waals surface area contributed by atoms with Crippen LogP contribution in [0.5, 0.6) is 0 Å². The van der Waals surface area contributed by atoms with Gasteiger partial charge in [0.2, 0.25) is 0 Å². The average molecular weight is 515 g/mol. The fraction of sp³-hybridized carbons (Fsp3) is 0.300. The molecule has 0 N–H and O–H groups in total. The molecule has 0 saturated carbocycles. The maximum atomic E-state index is 13.9. The first-order chi connectivity index (χ1) is 18.5. The average Bonchev–Trinajstić information content (AvgIpc) is 3.25. The topological polar surface area (TPSA) is 79.6 Å². The van der Waals surface area contributed by atoms with Crippen LogP contribution < -0.4 is 0 Å². The molecule has 2 fully saturated rings. The van der Waals surface area contributed by atoms with Crippen molar-refractivity contribution in [2.75, 3.05) is 19.8 Å². The van der Waals surface area contributed by atoms with Crippen molar-refractivity contribution in [1.29, 1.82) is 5.26 Å². The number of halogens is 2. The number of nitrogens with zero attached hydrogens (tertiary/aromatic N) is 2. The summed E-state index contributed by atoms with van der Waals surface area (Å²) in [6, 6.07) is 18.7. The van der Waals surface area contributed by atoms with E-state index in [2.05, 4.69) is 24.3 Å². The van der Waals surface area contributed by atoms with Crippen LogP contribution in [-0.2, 0) is 9.47 Å². The Morgan fingerprint density at radius 2 is 1.53 bits per heavy atom. The van der Waals surface area contributed by atoms with Crippen molar-refractivity contribution in [2.45, 2.75) is 30.8 Å². The number of nitriles is 1. The van der Waals surface area contributed by atoms with E-state index < -0.39 is 41.5 Å². The summed E-state index contributed by atoms with van der Waals surface area (Å²) in [6.07, 6.45) is 0.105. The van der Waals surface area contributed by atoms with Gasteiger partial charge in [0.05, 0.1) is 36.9 Å². The Morgan fingerprint density at radius 1 is 0.947 bits per heavy atom. The lowest BCUT2D eigenvalue weighted by molar-refractivity contribution is -0.0747. The number of amides is 1. The summed E-state index contributed by atoms with van der Waals surface area (Å²) in [5.74, 6) is -3.40. The molecule has 1 aliphatic carbocycles. The third-order valence-electron chi connectivity index (χ3n) is 7.88. The van der Waals surface area contributed by atoms with Gasteiger partial charge in [0.1, 0.15) is 6.61 Å². The largest absolute Gasteiger partial charge is 0.448 e. The van der Waals surface area contributed by atoms with E-state index in [-0.39, 0.29) is 49.7 Å². The normalized spacial score (nSPS) is 21.8. The number of benzene rings is 3. The van der Waals surface area contributed by atoms with Crippen LogP contribution in [-0.4, -0.2) is 48.7 Å². The van der Waals surface area contributed by atoms with Gasteiger partial charge in [0.25, 0.3) is 0 Å². The fourth-order valence-corrected chi connectivity index (χ4v) is 6.16. The highest BCUT2D eigenvalue weighted by Crippen LogP contribution is 2.45. The van der Waals surface area contributed by atoms with Gasteiger partial charge in [-0.25, -0.2) is 13.6 Å². The van der Waals surface area contributed by atoms with Gasteiger partial charge in [-0.1, -0.05) is 48.5 Å². The molecule has 192 valence electrons. The number of hydrogen-bond donors (Lipinski definition) is 0. The second-order valence-corrected chi connectivity index (χ2v) is 10.0. The molecule has 38 heavy (non-hydrogen) atoms. The number of fused-ring (bicyclic) bond motifs is 5. The molecule has 2 aliphatic heterocycles. The Morgan fingerprint density at radius 3 is 2.13 bits per heavy atom. The highest BCUT2D eigenvalue weighted by molar-refractivity contribution is 6.00. The molecule has 2 bridgehead atoms. The first-order valence-corrected chi connectivity index (χ1v) is 12.6. The van der Waals surface area contributed by atoms with E-state index in [1.165, 1.54) is 0 Å². The predicted molar refractivity (Wildman–Crippen MR) is 133 cm³/mol. The van der Waals surface area contributed by atoms with Gasteiger partial charge in [0.15, 0.2) is 17.4 Å². The summed E-state index contributed by atoms with van der Waals surface area (Å²) < 4.78 is 39.1. The van der Waals surface area contributed by atoms with Crippen molar-refractivity contribution in [1.82, 2.24) is 4.90 Å². The Balaban J connectivity index is 1.18. The van der Waals surface area contributed by atoms with Crippen molar-refractivity contribution in [3.63, 3.8) is 0 Å². The molecule has 3 aromatic carbocycles. The van der Waals surface area contributed by atoms with E-state index in [1.807, 2.05) is 24.3 Å². The number of rotatable bonds is 4. The molecule has 0 radical (unpaired) electrons. The van der Waals surface area contributed by atoms with Crippen molar-refractivity contribution in [3.05, 3.63) is 94.6 Å². The molecular formula is C30H24F2N2O4. The number of piperidine rings is 1. The predicted octanol–water partition coefficient (Wildman–Crippen LogP) is 5.45.